The number of pyridine rings is 1. The molecular formula is C7H7N3O2. The second-order valence-corrected chi connectivity index (χ2v) is 2.21. The van der Waals surface area contributed by atoms with Crippen LogP contribution in [-0.2, 0) is 0 Å². The molecule has 0 radical (unpaired) electrons. The molecule has 0 aromatic carbocycles. The fourth-order valence-corrected chi connectivity index (χ4v) is 0.773. The first kappa shape index (κ1) is 8.32. The minimum absolute atomic E-state index is 0.00222. The largest absolute Gasteiger partial charge is 0.298 e. The van der Waals surface area contributed by atoms with Gasteiger partial charge in [-0.1, -0.05) is 0 Å². The van der Waals surface area contributed by atoms with Gasteiger partial charge in [-0.3, -0.25) is 20.5 Å². The molecule has 0 saturated heterocycles. The Hall–Kier alpha value is -1.78. The Balaban J connectivity index is 2.73. The van der Waals surface area contributed by atoms with E-state index < -0.39 is 11.5 Å². The molecule has 0 saturated carbocycles. The lowest BCUT2D eigenvalue weighted by Crippen LogP contribution is -2.13. The molecule has 5 heteroatoms. The fourth-order valence-electron chi connectivity index (χ4n) is 0.773. The number of aromatic nitrogens is 1. The summed E-state index contributed by atoms with van der Waals surface area (Å²) in [6, 6.07) is 3.15. The van der Waals surface area contributed by atoms with Crippen molar-refractivity contribution >= 4 is 5.71 Å². The molecule has 1 aromatic heterocycles. The van der Waals surface area contributed by atoms with Crippen molar-refractivity contribution in [2.75, 3.05) is 6.54 Å². The summed E-state index contributed by atoms with van der Waals surface area (Å²) in [5.41, 5.74) is 0.545. The van der Waals surface area contributed by atoms with Gasteiger partial charge in [0, 0.05) is 22.9 Å². The minimum Gasteiger partial charge on any atom is -0.298 e. The van der Waals surface area contributed by atoms with Crippen LogP contribution >= 0.6 is 0 Å². The number of nitrogens with zero attached hydrogens (tertiary/aromatic N) is 2. The zero-order chi connectivity index (χ0) is 8.97. The molecule has 1 aromatic rings. The number of hydrogen-bond donors (Lipinski definition) is 1. The maximum Gasteiger partial charge on any atom is 0.245 e. The van der Waals surface area contributed by atoms with E-state index in [1.807, 2.05) is 0 Å². The van der Waals surface area contributed by atoms with Gasteiger partial charge < -0.3 is 0 Å². The van der Waals surface area contributed by atoms with Crippen LogP contribution < -0.4 is 0 Å². The maximum atomic E-state index is 10.0. The third-order valence-corrected chi connectivity index (χ3v) is 1.32. The van der Waals surface area contributed by atoms with Crippen LogP contribution in [0.2, 0.25) is 0 Å². The Morgan fingerprint density at radius 2 is 2.17 bits per heavy atom. The third-order valence-electron chi connectivity index (χ3n) is 1.32. The highest BCUT2D eigenvalue weighted by atomic mass is 16.6. The van der Waals surface area contributed by atoms with Gasteiger partial charge in [0.1, 0.15) is 5.71 Å². The Bertz CT molecular complexity index is 297. The second-order valence-electron chi connectivity index (χ2n) is 2.21. The summed E-state index contributed by atoms with van der Waals surface area (Å²) in [6.07, 6.45) is 3.01. The predicted octanol–water partition coefficient (Wildman–Crippen LogP) is 0.726. The second kappa shape index (κ2) is 3.56. The van der Waals surface area contributed by atoms with Crippen LogP contribution in [0, 0.1) is 15.5 Å². The first-order valence-electron chi connectivity index (χ1n) is 3.30. The summed E-state index contributed by atoms with van der Waals surface area (Å²) in [6.45, 7) is -0.440. The Labute approximate surface area is 68.7 Å². The average Bonchev–Trinajstić information content (AvgIpc) is 2.05. The van der Waals surface area contributed by atoms with Crippen molar-refractivity contribution < 1.29 is 4.92 Å². The molecular weight excluding hydrogens is 158 g/mol. The van der Waals surface area contributed by atoms with E-state index in [1.54, 1.807) is 12.1 Å². The molecule has 0 bridgehead atoms. The zero-order valence-electron chi connectivity index (χ0n) is 6.23. The molecule has 62 valence electrons. The quantitative estimate of drug-likeness (QED) is 0.407. The molecule has 0 aliphatic rings. The van der Waals surface area contributed by atoms with E-state index in [1.165, 1.54) is 12.4 Å². The highest BCUT2D eigenvalue weighted by molar-refractivity contribution is 5.98. The Kier molecular flexibility index (Phi) is 2.47. The SMILES string of the molecule is N=C(C[N+](=O)[O-])c1ccncc1. The van der Waals surface area contributed by atoms with Crippen LogP contribution in [0.25, 0.3) is 0 Å². The molecule has 0 fully saturated rings. The van der Waals surface area contributed by atoms with Crippen molar-refractivity contribution in [1.82, 2.24) is 4.98 Å². The molecule has 0 aliphatic carbocycles. The molecule has 0 spiro atoms. The molecule has 1 heterocycles. The van der Waals surface area contributed by atoms with E-state index in [9.17, 15) is 10.1 Å². The minimum atomic E-state index is -0.525. The first-order chi connectivity index (χ1) is 5.70. The highest BCUT2D eigenvalue weighted by Crippen LogP contribution is 1.97. The summed E-state index contributed by atoms with van der Waals surface area (Å²) in [5.74, 6) is 0. The summed E-state index contributed by atoms with van der Waals surface area (Å²) in [5, 5.41) is 17.3. The van der Waals surface area contributed by atoms with Crippen LogP contribution in [-0.4, -0.2) is 22.2 Å². The van der Waals surface area contributed by atoms with Gasteiger partial charge in [0.2, 0.25) is 6.54 Å². The molecule has 0 aliphatic heterocycles. The Morgan fingerprint density at radius 3 is 2.67 bits per heavy atom. The number of rotatable bonds is 3. The van der Waals surface area contributed by atoms with Gasteiger partial charge in [-0.25, -0.2) is 0 Å². The van der Waals surface area contributed by atoms with Gasteiger partial charge in [-0.05, 0) is 12.1 Å². The Morgan fingerprint density at radius 1 is 1.58 bits per heavy atom. The van der Waals surface area contributed by atoms with E-state index in [-0.39, 0.29) is 5.71 Å². The predicted molar refractivity (Wildman–Crippen MR) is 42.9 cm³/mol. The van der Waals surface area contributed by atoms with Gasteiger partial charge in [-0.15, -0.1) is 0 Å². The van der Waals surface area contributed by atoms with Crippen molar-refractivity contribution in [2.45, 2.75) is 0 Å². The van der Waals surface area contributed by atoms with Gasteiger partial charge in [0.05, 0.1) is 0 Å². The molecule has 5 nitrogen and oxygen atoms in total. The smallest absolute Gasteiger partial charge is 0.245 e. The van der Waals surface area contributed by atoms with Crippen LogP contribution in [0.1, 0.15) is 5.56 Å². The van der Waals surface area contributed by atoms with E-state index in [4.69, 9.17) is 5.41 Å². The summed E-state index contributed by atoms with van der Waals surface area (Å²) < 4.78 is 0. The normalized spacial score (nSPS) is 9.33. The molecule has 1 N–H and O–H groups in total. The summed E-state index contributed by atoms with van der Waals surface area (Å²) in [4.78, 5) is 13.2. The van der Waals surface area contributed by atoms with Crippen molar-refractivity contribution in [3.63, 3.8) is 0 Å². The molecule has 0 atom stereocenters. The maximum absolute atomic E-state index is 10.0. The highest BCUT2D eigenvalue weighted by Gasteiger charge is 2.06. The van der Waals surface area contributed by atoms with E-state index in [2.05, 4.69) is 4.98 Å². The van der Waals surface area contributed by atoms with Crippen LogP contribution in [0.5, 0.6) is 0 Å². The van der Waals surface area contributed by atoms with Gasteiger partial charge >= 0.3 is 0 Å². The lowest BCUT2D eigenvalue weighted by Gasteiger charge is -1.96. The van der Waals surface area contributed by atoms with Gasteiger partial charge in [0.15, 0.2) is 0 Å². The monoisotopic (exact) mass is 165 g/mol. The zero-order valence-corrected chi connectivity index (χ0v) is 6.23. The van der Waals surface area contributed by atoms with Crippen molar-refractivity contribution in [3.8, 4) is 0 Å². The van der Waals surface area contributed by atoms with Crippen molar-refractivity contribution in [1.29, 1.82) is 5.41 Å². The van der Waals surface area contributed by atoms with Crippen LogP contribution in [0.3, 0.4) is 0 Å². The lowest BCUT2D eigenvalue weighted by molar-refractivity contribution is -0.463. The number of hydrogen-bond acceptors (Lipinski definition) is 4. The van der Waals surface area contributed by atoms with Crippen molar-refractivity contribution in [3.05, 3.63) is 40.2 Å². The molecule has 0 unspecified atom stereocenters. The van der Waals surface area contributed by atoms with Crippen molar-refractivity contribution in [2.24, 2.45) is 0 Å². The molecule has 1 rings (SSSR count). The topological polar surface area (TPSA) is 79.9 Å². The van der Waals surface area contributed by atoms with E-state index >= 15 is 0 Å². The lowest BCUT2D eigenvalue weighted by atomic mass is 10.2. The first-order valence-corrected chi connectivity index (χ1v) is 3.30. The standard InChI is InChI=1S/C7H7N3O2/c8-7(5-10(11)12)6-1-3-9-4-2-6/h1-4,8H,5H2. The number of nitrogens with one attached hydrogen (secondary N) is 1. The van der Waals surface area contributed by atoms with Gasteiger partial charge in [-0.2, -0.15) is 0 Å². The van der Waals surface area contributed by atoms with E-state index in [0.717, 1.165) is 0 Å². The van der Waals surface area contributed by atoms with E-state index in [0.29, 0.717) is 5.56 Å². The molecule has 12 heavy (non-hydrogen) atoms. The summed E-state index contributed by atoms with van der Waals surface area (Å²) >= 11 is 0. The van der Waals surface area contributed by atoms with Crippen LogP contribution in [0.4, 0.5) is 0 Å². The number of nitro groups is 1. The fraction of sp³-hybridized carbons (Fsp3) is 0.143. The molecule has 0 amide bonds. The van der Waals surface area contributed by atoms with Gasteiger partial charge in [0.25, 0.3) is 0 Å². The third kappa shape index (κ3) is 2.12. The van der Waals surface area contributed by atoms with Crippen LogP contribution in [0.15, 0.2) is 24.5 Å². The summed E-state index contributed by atoms with van der Waals surface area (Å²) in [7, 11) is 0. The average molecular weight is 165 g/mol.